The van der Waals surface area contributed by atoms with E-state index in [1.807, 2.05) is 4.90 Å². The third kappa shape index (κ3) is 3.31. The number of fused-ring (bicyclic) bond motifs is 1. The lowest BCUT2D eigenvalue weighted by Crippen LogP contribution is -2.37. The molecule has 0 bridgehead atoms. The minimum atomic E-state index is -1.07. The molecule has 2 heterocycles. The van der Waals surface area contributed by atoms with Crippen LogP contribution in [0.5, 0.6) is 0 Å². The van der Waals surface area contributed by atoms with Gasteiger partial charge >= 0.3 is 5.97 Å². The first-order valence-electron chi connectivity index (χ1n) is 8.36. The van der Waals surface area contributed by atoms with Crippen LogP contribution < -0.4 is 4.90 Å². The summed E-state index contributed by atoms with van der Waals surface area (Å²) in [6, 6.07) is 7.67. The summed E-state index contributed by atoms with van der Waals surface area (Å²) in [5, 5.41) is 9.20. The van der Waals surface area contributed by atoms with Crippen molar-refractivity contribution in [3.8, 4) is 11.3 Å². The van der Waals surface area contributed by atoms with Crippen LogP contribution in [0.3, 0.4) is 0 Å². The van der Waals surface area contributed by atoms with Crippen molar-refractivity contribution in [3.05, 3.63) is 53.6 Å². The molecule has 27 heavy (non-hydrogen) atoms. The Labute approximate surface area is 153 Å². The number of ether oxygens (including phenoxy) is 1. The Hall–Kier alpha value is -3.13. The third-order valence-electron chi connectivity index (χ3n) is 4.39. The van der Waals surface area contributed by atoms with Gasteiger partial charge in [0.1, 0.15) is 17.3 Å². The zero-order chi connectivity index (χ0) is 19.0. The van der Waals surface area contributed by atoms with Gasteiger partial charge in [0.15, 0.2) is 5.82 Å². The standard InChI is InChI=1S/C19H15F2N3O3/c20-12-2-3-13(14(21)10-12)17-18(24-5-7-27-8-6-24)23-16-9-11(19(25)26)1-4-15(16)22-17/h1-4,9-10H,5-8H2,(H,25,26). The van der Waals surface area contributed by atoms with Gasteiger partial charge in [-0.2, -0.15) is 0 Å². The van der Waals surface area contributed by atoms with Gasteiger partial charge in [-0.15, -0.1) is 0 Å². The second-order valence-corrected chi connectivity index (χ2v) is 6.13. The van der Waals surface area contributed by atoms with Gasteiger partial charge in [-0.3, -0.25) is 0 Å². The summed E-state index contributed by atoms with van der Waals surface area (Å²) >= 11 is 0. The van der Waals surface area contributed by atoms with E-state index >= 15 is 0 Å². The molecule has 0 atom stereocenters. The lowest BCUT2D eigenvalue weighted by Gasteiger charge is -2.29. The van der Waals surface area contributed by atoms with Gasteiger partial charge in [-0.05, 0) is 30.3 Å². The molecule has 0 radical (unpaired) electrons. The molecule has 1 saturated heterocycles. The quantitative estimate of drug-likeness (QED) is 0.763. The maximum atomic E-state index is 14.4. The number of halogens is 2. The van der Waals surface area contributed by atoms with Gasteiger partial charge in [0.05, 0.1) is 29.8 Å². The highest BCUT2D eigenvalue weighted by molar-refractivity contribution is 5.93. The molecule has 0 unspecified atom stereocenters. The number of rotatable bonds is 3. The molecule has 1 N–H and O–H groups in total. The van der Waals surface area contributed by atoms with E-state index in [1.54, 1.807) is 0 Å². The van der Waals surface area contributed by atoms with Crippen LogP contribution in [0.15, 0.2) is 36.4 Å². The van der Waals surface area contributed by atoms with Crippen molar-refractivity contribution in [3.63, 3.8) is 0 Å². The molecule has 2 aromatic carbocycles. The minimum Gasteiger partial charge on any atom is -0.478 e. The van der Waals surface area contributed by atoms with Crippen molar-refractivity contribution in [2.45, 2.75) is 0 Å². The number of carboxylic acids is 1. The third-order valence-corrected chi connectivity index (χ3v) is 4.39. The fraction of sp³-hybridized carbons (Fsp3) is 0.211. The molecule has 8 heteroatoms. The zero-order valence-electron chi connectivity index (χ0n) is 14.2. The highest BCUT2D eigenvalue weighted by Crippen LogP contribution is 2.32. The fourth-order valence-corrected chi connectivity index (χ4v) is 3.04. The summed E-state index contributed by atoms with van der Waals surface area (Å²) in [6.07, 6.45) is 0. The van der Waals surface area contributed by atoms with Gasteiger partial charge in [0.2, 0.25) is 0 Å². The molecule has 1 fully saturated rings. The number of hydrogen-bond donors (Lipinski definition) is 1. The molecule has 1 aliphatic heterocycles. The maximum absolute atomic E-state index is 14.4. The number of aromatic nitrogens is 2. The Morgan fingerprint density at radius 1 is 1.04 bits per heavy atom. The number of carbonyl (C=O) groups is 1. The molecule has 138 valence electrons. The molecule has 0 saturated carbocycles. The van der Waals surface area contributed by atoms with Crippen LogP contribution in [0.1, 0.15) is 10.4 Å². The molecule has 4 rings (SSSR count). The molecule has 0 spiro atoms. The largest absolute Gasteiger partial charge is 0.478 e. The topological polar surface area (TPSA) is 75.5 Å². The highest BCUT2D eigenvalue weighted by Gasteiger charge is 2.22. The number of benzene rings is 2. The van der Waals surface area contributed by atoms with Crippen LogP contribution >= 0.6 is 0 Å². The first-order valence-corrected chi connectivity index (χ1v) is 8.36. The number of anilines is 1. The molecule has 3 aromatic rings. The van der Waals surface area contributed by atoms with Crippen molar-refractivity contribution < 1.29 is 23.4 Å². The van der Waals surface area contributed by atoms with E-state index in [0.717, 1.165) is 6.07 Å². The highest BCUT2D eigenvalue weighted by atomic mass is 19.1. The lowest BCUT2D eigenvalue weighted by molar-refractivity contribution is 0.0697. The molecular formula is C19H15F2N3O3. The van der Waals surface area contributed by atoms with Crippen molar-refractivity contribution in [2.24, 2.45) is 0 Å². The Kier molecular flexibility index (Phi) is 4.41. The van der Waals surface area contributed by atoms with E-state index in [1.165, 1.54) is 30.3 Å². The Morgan fingerprint density at radius 2 is 1.81 bits per heavy atom. The first kappa shape index (κ1) is 17.3. The van der Waals surface area contributed by atoms with E-state index in [-0.39, 0.29) is 16.8 Å². The summed E-state index contributed by atoms with van der Waals surface area (Å²) in [5.74, 6) is -2.07. The minimum absolute atomic E-state index is 0.0884. The van der Waals surface area contributed by atoms with Crippen LogP contribution in [0.2, 0.25) is 0 Å². The predicted octanol–water partition coefficient (Wildman–Crippen LogP) is 3.11. The van der Waals surface area contributed by atoms with Crippen LogP contribution in [-0.4, -0.2) is 47.3 Å². The van der Waals surface area contributed by atoms with E-state index < -0.39 is 17.6 Å². The van der Waals surface area contributed by atoms with Crippen LogP contribution in [0.25, 0.3) is 22.3 Å². The molecule has 0 aliphatic carbocycles. The van der Waals surface area contributed by atoms with Crippen molar-refractivity contribution in [1.29, 1.82) is 0 Å². The Balaban J connectivity index is 1.94. The number of hydrogen-bond acceptors (Lipinski definition) is 5. The van der Waals surface area contributed by atoms with E-state index in [0.29, 0.717) is 43.2 Å². The van der Waals surface area contributed by atoms with Gasteiger partial charge in [0, 0.05) is 24.7 Å². The summed E-state index contributed by atoms with van der Waals surface area (Å²) in [6.45, 7) is 2.05. The summed E-state index contributed by atoms with van der Waals surface area (Å²) in [5.41, 5.74) is 1.32. The van der Waals surface area contributed by atoms with Crippen molar-refractivity contribution in [2.75, 3.05) is 31.2 Å². The second kappa shape index (κ2) is 6.88. The van der Waals surface area contributed by atoms with E-state index in [4.69, 9.17) is 4.74 Å². The van der Waals surface area contributed by atoms with Gasteiger partial charge in [-0.25, -0.2) is 23.5 Å². The zero-order valence-corrected chi connectivity index (χ0v) is 14.2. The number of nitrogens with zero attached hydrogens (tertiary/aromatic N) is 3. The Morgan fingerprint density at radius 3 is 2.52 bits per heavy atom. The summed E-state index contributed by atoms with van der Waals surface area (Å²) in [7, 11) is 0. The second-order valence-electron chi connectivity index (χ2n) is 6.13. The number of carboxylic acid groups (broad SMARTS) is 1. The summed E-state index contributed by atoms with van der Waals surface area (Å²) < 4.78 is 33.1. The molecule has 1 aliphatic rings. The molecular weight excluding hydrogens is 356 g/mol. The van der Waals surface area contributed by atoms with Crippen LogP contribution in [0, 0.1) is 11.6 Å². The summed E-state index contributed by atoms with van der Waals surface area (Å²) in [4.78, 5) is 22.2. The number of morpholine rings is 1. The van der Waals surface area contributed by atoms with Crippen LogP contribution in [0.4, 0.5) is 14.6 Å². The fourth-order valence-electron chi connectivity index (χ4n) is 3.04. The lowest BCUT2D eigenvalue weighted by atomic mass is 10.1. The number of aromatic carboxylic acids is 1. The van der Waals surface area contributed by atoms with Gasteiger partial charge in [-0.1, -0.05) is 0 Å². The molecule has 1 aromatic heterocycles. The monoisotopic (exact) mass is 371 g/mol. The van der Waals surface area contributed by atoms with E-state index in [9.17, 15) is 18.7 Å². The van der Waals surface area contributed by atoms with Crippen molar-refractivity contribution in [1.82, 2.24) is 9.97 Å². The first-order chi connectivity index (χ1) is 13.0. The van der Waals surface area contributed by atoms with Crippen LogP contribution in [-0.2, 0) is 4.74 Å². The van der Waals surface area contributed by atoms with Gasteiger partial charge < -0.3 is 14.7 Å². The van der Waals surface area contributed by atoms with Gasteiger partial charge in [0.25, 0.3) is 0 Å². The SMILES string of the molecule is O=C(O)c1ccc2nc(-c3ccc(F)cc3F)c(N3CCOCC3)nc2c1. The maximum Gasteiger partial charge on any atom is 0.335 e. The predicted molar refractivity (Wildman–Crippen MR) is 94.9 cm³/mol. The smallest absolute Gasteiger partial charge is 0.335 e. The molecule has 0 amide bonds. The average Bonchev–Trinajstić information content (AvgIpc) is 2.67. The average molecular weight is 371 g/mol. The van der Waals surface area contributed by atoms with Crippen molar-refractivity contribution >= 4 is 22.8 Å². The normalized spacial score (nSPS) is 14.5. The Bertz CT molecular complexity index is 1040. The van der Waals surface area contributed by atoms with E-state index in [2.05, 4.69) is 9.97 Å². The molecule has 6 nitrogen and oxygen atoms in total.